The molecule has 0 amide bonds. The third-order valence-corrected chi connectivity index (χ3v) is 12.3. The largest absolute Gasteiger partial charge is 0.449 e. The minimum Gasteiger partial charge on any atom is -0.449 e. The van der Waals surface area contributed by atoms with E-state index < -0.39 is 5.41 Å². The first-order valence-electron chi connectivity index (χ1n) is 20.6. The van der Waals surface area contributed by atoms with Gasteiger partial charge in [-0.1, -0.05) is 194 Å². The fraction of sp³-hybridized carbons (Fsp3) is 0.0714. The molecule has 0 radical (unpaired) electrons. The molecule has 0 N–H and O–H groups in total. The average Bonchev–Trinajstić information content (AvgIpc) is 3.63. The normalized spacial score (nSPS) is 17.0. The van der Waals surface area contributed by atoms with Crippen LogP contribution < -0.4 is 9.47 Å². The quantitative estimate of drug-likeness (QED) is 0.120. The van der Waals surface area contributed by atoms with E-state index in [1.54, 1.807) is 0 Å². The number of ether oxygens (including phenoxy) is 2. The van der Waals surface area contributed by atoms with Crippen LogP contribution in [0, 0.1) is 5.92 Å². The summed E-state index contributed by atoms with van der Waals surface area (Å²) in [5.41, 5.74) is 9.86. The zero-order valence-corrected chi connectivity index (χ0v) is 32.9. The van der Waals surface area contributed by atoms with Crippen LogP contribution in [0.25, 0.3) is 21.9 Å². The summed E-state index contributed by atoms with van der Waals surface area (Å²) in [6.45, 7) is 0.496. The van der Waals surface area contributed by atoms with Crippen LogP contribution in [0.2, 0.25) is 0 Å². The molecule has 0 saturated heterocycles. The Balaban J connectivity index is 0.895. The monoisotopic (exact) mass is 772 g/mol. The summed E-state index contributed by atoms with van der Waals surface area (Å²) < 4.78 is 13.6. The summed E-state index contributed by atoms with van der Waals surface area (Å²) >= 11 is 0. The molecule has 1 aliphatic heterocycles. The molecule has 60 heavy (non-hydrogen) atoms. The van der Waals surface area contributed by atoms with E-state index >= 15 is 0 Å². The second-order valence-corrected chi connectivity index (χ2v) is 15.6. The van der Waals surface area contributed by atoms with E-state index in [4.69, 9.17) is 19.5 Å². The molecule has 0 saturated carbocycles. The highest BCUT2D eigenvalue weighted by atomic mass is 16.6. The number of fused-ring (bicyclic) bond motifs is 7. The molecule has 1 heterocycles. The number of hydrogen-bond acceptors (Lipinski definition) is 3. The first kappa shape index (κ1) is 35.6. The molecule has 2 unspecified atom stereocenters. The molecule has 0 aromatic heterocycles. The van der Waals surface area contributed by atoms with E-state index in [-0.39, 0.29) is 11.8 Å². The van der Waals surface area contributed by atoms with E-state index in [0.29, 0.717) is 23.9 Å². The molecule has 0 bridgehead atoms. The van der Waals surface area contributed by atoms with Gasteiger partial charge >= 0.3 is 0 Å². The summed E-state index contributed by atoms with van der Waals surface area (Å²) in [6, 6.07) is 65.9. The topological polar surface area (TPSA) is 43.2 Å². The Morgan fingerprint density at radius 2 is 1.23 bits per heavy atom. The first-order valence-corrected chi connectivity index (χ1v) is 20.6. The maximum absolute atomic E-state index is 6.90. The van der Waals surface area contributed by atoms with Crippen LogP contribution in [-0.4, -0.2) is 12.1 Å². The van der Waals surface area contributed by atoms with Crippen molar-refractivity contribution in [1.29, 1.82) is 0 Å². The maximum Gasteiger partial charge on any atom is 0.174 e. The van der Waals surface area contributed by atoms with Gasteiger partial charge in [0.05, 0.1) is 12.0 Å². The highest BCUT2D eigenvalue weighted by Gasteiger charge is 2.54. The molecule has 286 valence electrons. The molecule has 0 fully saturated rings. The number of amidine groups is 1. The molecule has 2 aliphatic carbocycles. The van der Waals surface area contributed by atoms with Gasteiger partial charge in [0.2, 0.25) is 0 Å². The Labute approximate surface area is 350 Å². The van der Waals surface area contributed by atoms with Crippen LogP contribution in [0.4, 0.5) is 0 Å². The molecule has 8 aromatic rings. The van der Waals surface area contributed by atoms with Gasteiger partial charge in [0.15, 0.2) is 28.8 Å². The van der Waals surface area contributed by atoms with Crippen molar-refractivity contribution in [3.8, 4) is 34.1 Å². The van der Waals surface area contributed by atoms with Crippen molar-refractivity contribution >= 4 is 22.8 Å². The average molecular weight is 773 g/mol. The number of hydrogen-bond donors (Lipinski definition) is 0. The van der Waals surface area contributed by atoms with Crippen molar-refractivity contribution in [3.63, 3.8) is 0 Å². The molecule has 4 heteroatoms. The molecule has 4 nitrogen and oxygen atoms in total. The van der Waals surface area contributed by atoms with Crippen molar-refractivity contribution in [2.45, 2.75) is 17.9 Å². The fourth-order valence-electron chi connectivity index (χ4n) is 9.52. The van der Waals surface area contributed by atoms with Crippen LogP contribution >= 0.6 is 0 Å². The minimum atomic E-state index is -0.392. The van der Waals surface area contributed by atoms with Gasteiger partial charge in [0.1, 0.15) is 0 Å². The predicted molar refractivity (Wildman–Crippen MR) is 244 cm³/mol. The smallest absolute Gasteiger partial charge is 0.174 e. The third-order valence-electron chi connectivity index (χ3n) is 12.3. The lowest BCUT2D eigenvalue weighted by molar-refractivity contribution is 0.355. The predicted octanol–water partition coefficient (Wildman–Crippen LogP) is 13.6. The van der Waals surface area contributed by atoms with E-state index in [2.05, 4.69) is 188 Å². The lowest BCUT2D eigenvalue weighted by Crippen LogP contribution is -2.34. The number of nitrogens with zero attached hydrogens (tertiary/aromatic N) is 2. The number of allylic oxidation sites excluding steroid dienone is 4. The molecular weight excluding hydrogens is 733 g/mol. The highest BCUT2D eigenvalue weighted by molar-refractivity contribution is 6.13. The van der Waals surface area contributed by atoms with Gasteiger partial charge in [-0.05, 0) is 67.9 Å². The van der Waals surface area contributed by atoms with Crippen LogP contribution in [0.5, 0.6) is 23.0 Å². The Morgan fingerprint density at radius 1 is 0.567 bits per heavy atom. The minimum absolute atomic E-state index is 0.117. The molecule has 11 rings (SSSR count). The summed E-state index contributed by atoms with van der Waals surface area (Å²) in [5, 5.41) is 2.29. The van der Waals surface area contributed by atoms with E-state index in [1.807, 2.05) is 30.5 Å². The van der Waals surface area contributed by atoms with Gasteiger partial charge in [-0.3, -0.25) is 4.99 Å². The Bertz CT molecular complexity index is 2960. The second kappa shape index (κ2) is 15.0. The van der Waals surface area contributed by atoms with Gasteiger partial charge in [-0.15, -0.1) is 0 Å². The van der Waals surface area contributed by atoms with Crippen molar-refractivity contribution in [1.82, 2.24) is 0 Å². The van der Waals surface area contributed by atoms with Crippen LogP contribution in [0.3, 0.4) is 0 Å². The molecule has 0 spiro atoms. The zero-order valence-electron chi connectivity index (χ0n) is 32.9. The highest BCUT2D eigenvalue weighted by Crippen LogP contribution is 2.64. The van der Waals surface area contributed by atoms with Crippen molar-refractivity contribution in [2.24, 2.45) is 15.9 Å². The fourth-order valence-corrected chi connectivity index (χ4v) is 9.52. The van der Waals surface area contributed by atoms with Gasteiger partial charge in [-0.2, -0.15) is 0 Å². The SMILES string of the molecule is C1=CC2c3c(ccc4c3Oc3ccc(-c5ccc(CN=C(N=Cc6ccccc6)c6cccc7ccccc67)cc5)cc3O4)C(c3ccccc3)(c3ccccc3)C2C=C1. The van der Waals surface area contributed by atoms with Gasteiger partial charge < -0.3 is 9.47 Å². The number of benzene rings is 8. The van der Waals surface area contributed by atoms with E-state index in [9.17, 15) is 0 Å². The summed E-state index contributed by atoms with van der Waals surface area (Å²) in [7, 11) is 0. The van der Waals surface area contributed by atoms with E-state index in [1.165, 1.54) is 22.3 Å². The second-order valence-electron chi connectivity index (χ2n) is 15.6. The zero-order chi connectivity index (χ0) is 39.9. The van der Waals surface area contributed by atoms with Gasteiger partial charge in [-0.25, -0.2) is 4.99 Å². The number of rotatable bonds is 7. The molecule has 3 aliphatic rings. The Kier molecular flexibility index (Phi) is 8.89. The van der Waals surface area contributed by atoms with Crippen LogP contribution in [-0.2, 0) is 12.0 Å². The van der Waals surface area contributed by atoms with Crippen molar-refractivity contribution in [2.75, 3.05) is 0 Å². The maximum atomic E-state index is 6.90. The van der Waals surface area contributed by atoms with Crippen molar-refractivity contribution < 1.29 is 9.47 Å². The Morgan fingerprint density at radius 3 is 2.02 bits per heavy atom. The lowest BCUT2D eigenvalue weighted by atomic mass is 9.63. The standard InChI is InChI=1S/C56H40N2O2/c1-4-15-38(16-5-1)36-57-55(46-25-14-18-41-17-10-11-23-45(41)46)58-37-39-27-29-40(30-28-39)42-31-33-50-52(35-42)59-51-34-32-49-53(54(51)60-50)47-24-12-13-26-48(47)56(49,43-19-6-2-7-20-43)44-21-8-3-9-22-44/h1-36,47-48H,37H2. The number of aliphatic imine (C=N–C) groups is 2. The molecule has 2 atom stereocenters. The van der Waals surface area contributed by atoms with Crippen LogP contribution in [0.1, 0.15) is 44.9 Å². The molecule has 8 aromatic carbocycles. The van der Waals surface area contributed by atoms with Gasteiger partial charge in [0.25, 0.3) is 0 Å². The summed E-state index contributed by atoms with van der Waals surface area (Å²) in [5.74, 6) is 3.95. The first-order chi connectivity index (χ1) is 29.7. The summed E-state index contributed by atoms with van der Waals surface area (Å²) in [6.07, 6.45) is 11.0. The molecular formula is C56H40N2O2. The summed E-state index contributed by atoms with van der Waals surface area (Å²) in [4.78, 5) is 10.00. The lowest BCUT2D eigenvalue weighted by Gasteiger charge is -2.38. The third kappa shape index (κ3) is 6.08. The Hall–Kier alpha value is -7.56. The van der Waals surface area contributed by atoms with Gasteiger partial charge in [0, 0.05) is 29.2 Å². The van der Waals surface area contributed by atoms with E-state index in [0.717, 1.165) is 50.1 Å². The van der Waals surface area contributed by atoms with Crippen molar-refractivity contribution in [3.05, 3.63) is 251 Å². The van der Waals surface area contributed by atoms with Crippen LogP contribution in [0.15, 0.2) is 222 Å².